The smallest absolute Gasteiger partial charge is 0.163 e. The molecule has 0 amide bonds. The van der Waals surface area contributed by atoms with E-state index in [0.29, 0.717) is 24.5 Å². The van der Waals surface area contributed by atoms with Gasteiger partial charge in [-0.15, -0.1) is 0 Å². The Bertz CT molecular complexity index is 1530. The first-order valence-corrected chi connectivity index (χ1v) is 13.4. The van der Waals surface area contributed by atoms with Crippen LogP contribution >= 0.6 is 0 Å². The number of allylic oxidation sites excluding steroid dienone is 1. The van der Waals surface area contributed by atoms with E-state index in [9.17, 15) is 4.79 Å². The number of rotatable bonds is 6. The van der Waals surface area contributed by atoms with Crippen molar-refractivity contribution in [3.05, 3.63) is 131 Å². The molecule has 1 aliphatic carbocycles. The van der Waals surface area contributed by atoms with E-state index in [1.54, 1.807) is 7.11 Å². The molecule has 0 saturated heterocycles. The summed E-state index contributed by atoms with van der Waals surface area (Å²) in [6, 6.07) is 32.3. The minimum Gasteiger partial charge on any atom is -0.493 e. The van der Waals surface area contributed by atoms with Crippen molar-refractivity contribution in [1.29, 1.82) is 0 Å². The van der Waals surface area contributed by atoms with Crippen LogP contribution in [-0.4, -0.2) is 12.9 Å². The van der Waals surface area contributed by atoms with Crippen LogP contribution in [0.4, 0.5) is 11.4 Å². The van der Waals surface area contributed by atoms with Crippen molar-refractivity contribution in [2.75, 3.05) is 17.7 Å². The van der Waals surface area contributed by atoms with Crippen LogP contribution in [0.1, 0.15) is 47.1 Å². The molecular formula is C34H32N2O3. The SMILES string of the molecule is COc1ccc(C2Nc3ccccc3NC3=C2C(=O)CC(c2ccc(C)cc2)C3)cc1OCc1ccccc1. The number of aryl methyl sites for hydroxylation is 1. The van der Waals surface area contributed by atoms with Crippen molar-refractivity contribution in [3.8, 4) is 11.5 Å². The number of nitrogens with one attached hydrogen (secondary N) is 2. The summed E-state index contributed by atoms with van der Waals surface area (Å²) in [5, 5.41) is 7.30. The second kappa shape index (κ2) is 10.7. The summed E-state index contributed by atoms with van der Waals surface area (Å²) in [5.74, 6) is 1.60. The molecule has 39 heavy (non-hydrogen) atoms. The van der Waals surface area contributed by atoms with Gasteiger partial charge in [-0.05, 0) is 60.2 Å². The number of hydrogen-bond donors (Lipinski definition) is 2. The van der Waals surface area contributed by atoms with Crippen LogP contribution in [0.5, 0.6) is 11.5 Å². The second-order valence-corrected chi connectivity index (χ2v) is 10.3. The molecule has 4 aromatic rings. The first kappa shape index (κ1) is 24.8. The summed E-state index contributed by atoms with van der Waals surface area (Å²) in [6.07, 6.45) is 1.25. The standard InChI is InChI=1S/C34H32N2O3/c1-22-12-14-24(15-13-22)26-18-29-33(30(37)19-26)34(36-28-11-7-6-10-27(28)35-29)25-16-17-31(38-2)32(20-25)39-21-23-8-4-3-5-9-23/h3-17,20,26,34-36H,18-19,21H2,1-2H3. The van der Waals surface area contributed by atoms with Crippen LogP contribution in [0, 0.1) is 6.92 Å². The highest BCUT2D eigenvalue weighted by molar-refractivity contribution is 6.01. The van der Waals surface area contributed by atoms with E-state index in [1.165, 1.54) is 11.1 Å². The number of anilines is 2. The molecule has 5 heteroatoms. The number of hydrogen-bond acceptors (Lipinski definition) is 5. The van der Waals surface area contributed by atoms with Gasteiger partial charge in [0.15, 0.2) is 17.3 Å². The van der Waals surface area contributed by atoms with Gasteiger partial charge in [0.05, 0.1) is 24.5 Å². The van der Waals surface area contributed by atoms with Gasteiger partial charge in [0.25, 0.3) is 0 Å². The average molecular weight is 517 g/mol. The molecule has 1 aliphatic heterocycles. The molecule has 2 atom stereocenters. The molecule has 5 nitrogen and oxygen atoms in total. The fourth-order valence-corrected chi connectivity index (χ4v) is 5.54. The Labute approximate surface area is 229 Å². The summed E-state index contributed by atoms with van der Waals surface area (Å²) in [6.45, 7) is 2.51. The molecule has 2 N–H and O–H groups in total. The summed E-state index contributed by atoms with van der Waals surface area (Å²) in [4.78, 5) is 13.9. The van der Waals surface area contributed by atoms with Crippen LogP contribution in [0.25, 0.3) is 0 Å². The molecule has 1 heterocycles. The Morgan fingerprint density at radius 3 is 2.28 bits per heavy atom. The van der Waals surface area contributed by atoms with Gasteiger partial charge in [-0.2, -0.15) is 0 Å². The van der Waals surface area contributed by atoms with Gasteiger partial charge in [-0.25, -0.2) is 0 Å². The lowest BCUT2D eigenvalue weighted by Crippen LogP contribution is -2.27. The monoisotopic (exact) mass is 516 g/mol. The Balaban J connectivity index is 1.39. The molecule has 2 aliphatic rings. The number of methoxy groups -OCH3 is 1. The molecule has 4 aromatic carbocycles. The molecule has 0 spiro atoms. The quantitative estimate of drug-likeness (QED) is 0.277. The largest absolute Gasteiger partial charge is 0.493 e. The first-order valence-electron chi connectivity index (χ1n) is 13.4. The van der Waals surface area contributed by atoms with Crippen LogP contribution < -0.4 is 20.1 Å². The number of ketones is 1. The lowest BCUT2D eigenvalue weighted by atomic mass is 9.78. The normalized spacial score (nSPS) is 18.3. The predicted octanol–water partition coefficient (Wildman–Crippen LogP) is 7.56. The number of fused-ring (bicyclic) bond motifs is 1. The average Bonchev–Trinajstić information content (AvgIpc) is 3.14. The molecule has 0 fully saturated rings. The maximum Gasteiger partial charge on any atom is 0.163 e. The highest BCUT2D eigenvalue weighted by atomic mass is 16.5. The Morgan fingerprint density at radius 2 is 1.51 bits per heavy atom. The van der Waals surface area contributed by atoms with E-state index in [4.69, 9.17) is 9.47 Å². The van der Waals surface area contributed by atoms with E-state index in [2.05, 4.69) is 47.9 Å². The van der Waals surface area contributed by atoms with Gasteiger partial charge in [0.2, 0.25) is 0 Å². The zero-order valence-electron chi connectivity index (χ0n) is 22.2. The van der Waals surface area contributed by atoms with E-state index < -0.39 is 0 Å². The van der Waals surface area contributed by atoms with E-state index >= 15 is 0 Å². The number of carbonyl (C=O) groups excluding carboxylic acids is 1. The van der Waals surface area contributed by atoms with Gasteiger partial charge in [-0.3, -0.25) is 4.79 Å². The molecule has 0 aromatic heterocycles. The second-order valence-electron chi connectivity index (χ2n) is 10.3. The van der Waals surface area contributed by atoms with E-state index in [-0.39, 0.29) is 17.7 Å². The van der Waals surface area contributed by atoms with Crippen molar-refractivity contribution in [3.63, 3.8) is 0 Å². The van der Waals surface area contributed by atoms with Crippen molar-refractivity contribution in [2.45, 2.75) is 38.3 Å². The van der Waals surface area contributed by atoms with Crippen molar-refractivity contribution < 1.29 is 14.3 Å². The van der Waals surface area contributed by atoms with E-state index in [1.807, 2.05) is 66.7 Å². The highest BCUT2D eigenvalue weighted by Gasteiger charge is 2.36. The van der Waals surface area contributed by atoms with Gasteiger partial charge in [-0.1, -0.05) is 78.4 Å². The molecule has 2 unspecified atom stereocenters. The van der Waals surface area contributed by atoms with Gasteiger partial charge < -0.3 is 20.1 Å². The van der Waals surface area contributed by atoms with Crippen LogP contribution in [0.3, 0.4) is 0 Å². The van der Waals surface area contributed by atoms with Crippen molar-refractivity contribution >= 4 is 17.2 Å². The fourth-order valence-electron chi connectivity index (χ4n) is 5.54. The topological polar surface area (TPSA) is 59.6 Å². The zero-order chi connectivity index (χ0) is 26.8. The zero-order valence-corrected chi connectivity index (χ0v) is 22.2. The number of Topliss-reactive ketones (excluding diaryl/α,β-unsaturated/α-hetero) is 1. The molecule has 0 radical (unpaired) electrons. The maximum absolute atomic E-state index is 13.9. The predicted molar refractivity (Wildman–Crippen MR) is 155 cm³/mol. The van der Waals surface area contributed by atoms with E-state index in [0.717, 1.165) is 40.2 Å². The fraction of sp³-hybridized carbons (Fsp3) is 0.206. The van der Waals surface area contributed by atoms with Crippen LogP contribution in [0.2, 0.25) is 0 Å². The molecule has 0 saturated carbocycles. The molecule has 0 bridgehead atoms. The Kier molecular flexibility index (Phi) is 6.80. The van der Waals surface area contributed by atoms with Crippen LogP contribution in [0.15, 0.2) is 108 Å². The summed E-state index contributed by atoms with van der Waals surface area (Å²) in [5.41, 5.74) is 8.13. The third-order valence-corrected chi connectivity index (χ3v) is 7.62. The van der Waals surface area contributed by atoms with Crippen molar-refractivity contribution in [1.82, 2.24) is 0 Å². The number of carbonyl (C=O) groups is 1. The van der Waals surface area contributed by atoms with Gasteiger partial charge >= 0.3 is 0 Å². The molecule has 6 rings (SSSR count). The Hall–Kier alpha value is -4.51. The summed E-state index contributed by atoms with van der Waals surface area (Å²) in [7, 11) is 1.64. The molecular weight excluding hydrogens is 484 g/mol. The lowest BCUT2D eigenvalue weighted by Gasteiger charge is -2.30. The highest BCUT2D eigenvalue weighted by Crippen LogP contribution is 2.45. The Morgan fingerprint density at radius 1 is 0.795 bits per heavy atom. The first-order chi connectivity index (χ1) is 19.1. The third-order valence-electron chi connectivity index (χ3n) is 7.62. The number of ether oxygens (including phenoxy) is 2. The lowest BCUT2D eigenvalue weighted by molar-refractivity contribution is -0.116. The summed E-state index contributed by atoms with van der Waals surface area (Å²) >= 11 is 0. The minimum absolute atomic E-state index is 0.135. The molecule has 196 valence electrons. The van der Waals surface area contributed by atoms with Gasteiger partial charge in [0, 0.05) is 17.7 Å². The van der Waals surface area contributed by atoms with Crippen molar-refractivity contribution in [2.24, 2.45) is 0 Å². The number of benzene rings is 4. The maximum atomic E-state index is 13.9. The van der Waals surface area contributed by atoms with Gasteiger partial charge in [0.1, 0.15) is 6.61 Å². The summed E-state index contributed by atoms with van der Waals surface area (Å²) < 4.78 is 11.8. The third kappa shape index (κ3) is 5.13. The number of para-hydroxylation sites is 2. The van der Waals surface area contributed by atoms with Crippen LogP contribution in [-0.2, 0) is 11.4 Å². The minimum atomic E-state index is -0.326.